The lowest BCUT2D eigenvalue weighted by Crippen LogP contribution is -2.41. The largest absolute Gasteiger partial charge is 0.493 e. The number of H-pyrrole nitrogens is 1. The van der Waals surface area contributed by atoms with Gasteiger partial charge in [0.1, 0.15) is 28.9 Å². The topological polar surface area (TPSA) is 109 Å². The summed E-state index contributed by atoms with van der Waals surface area (Å²) in [4.78, 5) is 39.7. The number of hydrogen-bond acceptors (Lipinski definition) is 6. The van der Waals surface area contributed by atoms with Crippen LogP contribution in [0, 0.1) is 12.8 Å². The first kappa shape index (κ1) is 27.8. The van der Waals surface area contributed by atoms with Crippen molar-refractivity contribution in [2.75, 3.05) is 13.2 Å². The Balaban J connectivity index is 1.42. The Labute approximate surface area is 231 Å². The van der Waals surface area contributed by atoms with Crippen LogP contribution in [0.15, 0.2) is 24.5 Å². The lowest BCUT2D eigenvalue weighted by atomic mass is 10.0. The molecule has 1 aliphatic carbocycles. The third kappa shape index (κ3) is 5.88. The van der Waals surface area contributed by atoms with Gasteiger partial charge in [-0.05, 0) is 78.0 Å². The molecule has 0 bridgehead atoms. The number of likely N-dealkylation sites (tertiary alicyclic amines) is 1. The first-order chi connectivity index (χ1) is 18.9. The fourth-order valence-electron chi connectivity index (χ4n) is 5.06. The summed E-state index contributed by atoms with van der Waals surface area (Å²) in [6.45, 7) is 9.94. The van der Waals surface area contributed by atoms with Gasteiger partial charge in [0.15, 0.2) is 0 Å². The van der Waals surface area contributed by atoms with Crippen molar-refractivity contribution in [3.8, 4) is 17.0 Å². The number of benzene rings is 1. The van der Waals surface area contributed by atoms with Gasteiger partial charge in [0.2, 0.25) is 0 Å². The summed E-state index contributed by atoms with van der Waals surface area (Å²) in [5, 5.41) is 3.03. The lowest BCUT2D eigenvalue weighted by molar-refractivity contribution is 0.0235. The second-order valence-corrected chi connectivity index (χ2v) is 11.8. The van der Waals surface area contributed by atoms with Gasteiger partial charge in [0.05, 0.1) is 17.7 Å². The van der Waals surface area contributed by atoms with Crippen molar-refractivity contribution >= 4 is 23.0 Å². The van der Waals surface area contributed by atoms with Crippen molar-refractivity contribution < 1.29 is 27.8 Å². The van der Waals surface area contributed by atoms with Crippen molar-refractivity contribution in [1.82, 2.24) is 25.2 Å². The lowest BCUT2D eigenvalue weighted by Gasteiger charge is -2.26. The molecule has 1 aromatic carbocycles. The summed E-state index contributed by atoms with van der Waals surface area (Å²) in [6.07, 6.45) is 1.01. The Hall–Kier alpha value is -3.76. The Kier molecular flexibility index (Phi) is 7.41. The number of carbonyl (C=O) groups excluding carboxylic acids is 2. The summed E-state index contributed by atoms with van der Waals surface area (Å²) in [5.41, 5.74) is 1.78. The normalized spacial score (nSPS) is 19.4. The maximum Gasteiger partial charge on any atom is 0.410 e. The Morgan fingerprint density at radius 2 is 1.98 bits per heavy atom. The molecule has 2 aromatic heterocycles. The smallest absolute Gasteiger partial charge is 0.410 e. The second kappa shape index (κ2) is 10.7. The zero-order valence-electron chi connectivity index (χ0n) is 23.4. The number of nitrogens with one attached hydrogen (secondary N) is 2. The summed E-state index contributed by atoms with van der Waals surface area (Å²) in [5.74, 6) is 0.584. The molecular formula is C29H35F2N5O4. The van der Waals surface area contributed by atoms with Crippen LogP contribution in [-0.2, 0) is 4.74 Å². The molecule has 2 N–H and O–H groups in total. The average molecular weight is 556 g/mol. The monoisotopic (exact) mass is 555 g/mol. The van der Waals surface area contributed by atoms with Crippen LogP contribution in [0.4, 0.5) is 13.6 Å². The number of aryl methyl sites for hydroxylation is 1. The van der Waals surface area contributed by atoms with Gasteiger partial charge in [0, 0.05) is 35.4 Å². The molecule has 214 valence electrons. The summed E-state index contributed by atoms with van der Waals surface area (Å²) >= 11 is 0. The average Bonchev–Trinajstić information content (AvgIpc) is 3.53. The van der Waals surface area contributed by atoms with Gasteiger partial charge in [0.25, 0.3) is 12.3 Å². The third-order valence-corrected chi connectivity index (χ3v) is 7.22. The Morgan fingerprint density at radius 3 is 2.65 bits per heavy atom. The van der Waals surface area contributed by atoms with E-state index < -0.39 is 18.1 Å². The minimum absolute atomic E-state index is 0.102. The van der Waals surface area contributed by atoms with Gasteiger partial charge < -0.3 is 24.7 Å². The molecule has 3 aromatic rings. The number of fused-ring (bicyclic) bond motifs is 1. The van der Waals surface area contributed by atoms with Crippen molar-refractivity contribution in [1.29, 1.82) is 0 Å². The van der Waals surface area contributed by atoms with Crippen LogP contribution in [0.5, 0.6) is 5.75 Å². The molecule has 3 heterocycles. The SMILES string of the molecule is Cc1[nH]c2c(-c3cc(C(F)F)ccc3OCC3CC3)ncnc2c1C(=O)N[C@H]1C[C@H](C)N(C(=O)OC(C)(C)C)C1. The van der Waals surface area contributed by atoms with Gasteiger partial charge in [-0.3, -0.25) is 4.79 Å². The molecule has 2 aliphatic rings. The first-order valence-electron chi connectivity index (χ1n) is 13.6. The molecule has 11 heteroatoms. The van der Waals surface area contributed by atoms with Crippen LogP contribution in [0.1, 0.15) is 75.0 Å². The number of carbonyl (C=O) groups is 2. The number of aromatic nitrogens is 3. The molecule has 40 heavy (non-hydrogen) atoms. The zero-order chi connectivity index (χ0) is 28.8. The van der Waals surface area contributed by atoms with E-state index in [1.165, 1.54) is 18.5 Å². The highest BCUT2D eigenvalue weighted by Gasteiger charge is 2.36. The highest BCUT2D eigenvalue weighted by Crippen LogP contribution is 2.38. The molecule has 0 unspecified atom stereocenters. The number of rotatable bonds is 7. The van der Waals surface area contributed by atoms with E-state index in [0.29, 0.717) is 64.8 Å². The van der Waals surface area contributed by atoms with Crippen molar-refractivity contribution in [3.05, 3.63) is 41.3 Å². The van der Waals surface area contributed by atoms with Gasteiger partial charge >= 0.3 is 6.09 Å². The predicted molar refractivity (Wildman–Crippen MR) is 146 cm³/mol. The number of ether oxygens (including phenoxy) is 2. The molecule has 0 radical (unpaired) electrons. The summed E-state index contributed by atoms with van der Waals surface area (Å²) in [6, 6.07) is 3.92. The Morgan fingerprint density at radius 1 is 1.23 bits per heavy atom. The van der Waals surface area contributed by atoms with E-state index in [4.69, 9.17) is 9.47 Å². The fraction of sp³-hybridized carbons (Fsp3) is 0.517. The minimum atomic E-state index is -2.66. The van der Waals surface area contributed by atoms with Gasteiger partial charge in [-0.1, -0.05) is 0 Å². The molecule has 1 aliphatic heterocycles. The summed E-state index contributed by atoms with van der Waals surface area (Å²) in [7, 11) is 0. The second-order valence-electron chi connectivity index (χ2n) is 11.8. The van der Waals surface area contributed by atoms with Crippen molar-refractivity contribution in [2.45, 2.75) is 78.0 Å². The molecule has 2 fully saturated rings. The zero-order valence-corrected chi connectivity index (χ0v) is 23.4. The number of nitrogens with zero attached hydrogens (tertiary/aromatic N) is 3. The van der Waals surface area contributed by atoms with E-state index in [0.717, 1.165) is 12.8 Å². The molecule has 5 rings (SSSR count). The Bertz CT molecular complexity index is 1430. The van der Waals surface area contributed by atoms with E-state index >= 15 is 0 Å². The number of hydrogen-bond donors (Lipinski definition) is 2. The number of alkyl halides is 2. The maximum atomic E-state index is 13.6. The van der Waals surface area contributed by atoms with Crippen molar-refractivity contribution in [3.63, 3.8) is 0 Å². The molecule has 9 nitrogen and oxygen atoms in total. The van der Waals surface area contributed by atoms with Crippen LogP contribution in [0.2, 0.25) is 0 Å². The fourth-order valence-corrected chi connectivity index (χ4v) is 5.06. The highest BCUT2D eigenvalue weighted by atomic mass is 19.3. The van der Waals surface area contributed by atoms with E-state index in [-0.39, 0.29) is 23.6 Å². The van der Waals surface area contributed by atoms with E-state index in [9.17, 15) is 18.4 Å². The van der Waals surface area contributed by atoms with E-state index in [1.54, 1.807) is 17.9 Å². The molecule has 2 atom stereocenters. The predicted octanol–water partition coefficient (Wildman–Crippen LogP) is 5.79. The molecule has 1 saturated heterocycles. The van der Waals surface area contributed by atoms with E-state index in [2.05, 4.69) is 20.3 Å². The summed E-state index contributed by atoms with van der Waals surface area (Å²) < 4.78 is 38.8. The van der Waals surface area contributed by atoms with E-state index in [1.807, 2.05) is 27.7 Å². The van der Waals surface area contributed by atoms with Gasteiger partial charge in [-0.2, -0.15) is 0 Å². The van der Waals surface area contributed by atoms with Crippen LogP contribution in [-0.4, -0.2) is 62.7 Å². The van der Waals surface area contributed by atoms with Gasteiger partial charge in [-0.15, -0.1) is 0 Å². The first-order valence-corrected chi connectivity index (χ1v) is 13.6. The minimum Gasteiger partial charge on any atom is -0.493 e. The van der Waals surface area contributed by atoms with Crippen LogP contribution < -0.4 is 10.1 Å². The molecule has 0 spiro atoms. The number of halogens is 2. The van der Waals surface area contributed by atoms with Crippen molar-refractivity contribution in [2.24, 2.45) is 5.92 Å². The van der Waals surface area contributed by atoms with Gasteiger partial charge in [-0.25, -0.2) is 23.5 Å². The number of amides is 2. The molecule has 1 saturated carbocycles. The maximum absolute atomic E-state index is 13.6. The van der Waals surface area contributed by atoms with Crippen LogP contribution in [0.3, 0.4) is 0 Å². The molecular weight excluding hydrogens is 520 g/mol. The standard InChI is InChI=1S/C29H35F2N5O4/c1-15-10-19(12-36(15)28(38)40-29(3,4)5)35-27(37)22-16(2)34-25-23(32-14-33-24(22)25)20-11-18(26(30)31)8-9-21(20)39-13-17-6-7-17/h8-9,11,14-15,17,19,26,34H,6-7,10,12-13H2,1-5H3,(H,35,37)/t15-,19-/m0/s1. The molecule has 2 amide bonds. The quantitative estimate of drug-likeness (QED) is 0.382. The van der Waals surface area contributed by atoms with Crippen LogP contribution >= 0.6 is 0 Å². The van der Waals surface area contributed by atoms with Crippen LogP contribution in [0.25, 0.3) is 22.3 Å². The number of aromatic amines is 1. The highest BCUT2D eigenvalue weighted by molar-refractivity contribution is 6.09. The third-order valence-electron chi connectivity index (χ3n) is 7.22.